The fraction of sp³-hybridized carbons (Fsp3) is 1.00. The Kier molecular flexibility index (Phi) is 4.00. The Bertz CT molecular complexity index is 192. The van der Waals surface area contributed by atoms with Crippen molar-refractivity contribution in [2.24, 2.45) is 5.92 Å². The zero-order valence-corrected chi connectivity index (χ0v) is 9.78. The maximum absolute atomic E-state index is 9.96. The van der Waals surface area contributed by atoms with E-state index >= 15 is 0 Å². The number of hydrogen-bond acceptors (Lipinski definition) is 3. The lowest BCUT2D eigenvalue weighted by molar-refractivity contribution is 0.0261. The maximum Gasteiger partial charge on any atom is 0.0593 e. The van der Waals surface area contributed by atoms with Crippen LogP contribution in [0.5, 0.6) is 0 Å². The first-order valence-corrected chi connectivity index (χ1v) is 6.35. The molecule has 0 radical (unpaired) electrons. The van der Waals surface area contributed by atoms with Crippen molar-refractivity contribution in [2.75, 3.05) is 26.7 Å². The number of aliphatic hydroxyl groups is 1. The summed E-state index contributed by atoms with van der Waals surface area (Å²) in [5, 5.41) is 13.5. The molecular formula is C12H24N2O. The first-order chi connectivity index (χ1) is 7.25. The lowest BCUT2D eigenvalue weighted by Crippen LogP contribution is -2.45. The molecule has 0 saturated carbocycles. The summed E-state index contributed by atoms with van der Waals surface area (Å²) in [6, 6.07) is 0.657. The van der Waals surface area contributed by atoms with E-state index in [9.17, 15) is 5.11 Å². The van der Waals surface area contributed by atoms with Gasteiger partial charge in [0.05, 0.1) is 6.10 Å². The van der Waals surface area contributed by atoms with Crippen molar-refractivity contribution in [1.82, 2.24) is 10.2 Å². The third-order valence-electron chi connectivity index (χ3n) is 3.90. The van der Waals surface area contributed by atoms with Crippen LogP contribution in [-0.2, 0) is 0 Å². The highest BCUT2D eigenvalue weighted by Crippen LogP contribution is 2.23. The lowest BCUT2D eigenvalue weighted by atomic mass is 9.86. The van der Waals surface area contributed by atoms with E-state index in [0.29, 0.717) is 12.0 Å². The topological polar surface area (TPSA) is 35.5 Å². The van der Waals surface area contributed by atoms with Crippen LogP contribution in [0.1, 0.15) is 32.1 Å². The number of rotatable bonds is 2. The van der Waals surface area contributed by atoms with Gasteiger partial charge in [0.15, 0.2) is 0 Å². The molecule has 88 valence electrons. The van der Waals surface area contributed by atoms with Crippen LogP contribution in [0.3, 0.4) is 0 Å². The average molecular weight is 212 g/mol. The Labute approximate surface area is 92.8 Å². The number of nitrogens with one attached hydrogen (secondary N) is 1. The molecule has 2 aliphatic rings. The van der Waals surface area contributed by atoms with Crippen LogP contribution in [0.2, 0.25) is 0 Å². The van der Waals surface area contributed by atoms with Gasteiger partial charge in [-0.25, -0.2) is 0 Å². The quantitative estimate of drug-likeness (QED) is 0.712. The highest BCUT2D eigenvalue weighted by atomic mass is 16.3. The predicted molar refractivity (Wildman–Crippen MR) is 61.9 cm³/mol. The summed E-state index contributed by atoms with van der Waals surface area (Å²) in [6.07, 6.45) is 6.02. The zero-order chi connectivity index (χ0) is 10.7. The Morgan fingerprint density at radius 1 is 1.33 bits per heavy atom. The van der Waals surface area contributed by atoms with E-state index in [4.69, 9.17) is 0 Å². The van der Waals surface area contributed by atoms with Crippen molar-refractivity contribution in [3.63, 3.8) is 0 Å². The summed E-state index contributed by atoms with van der Waals surface area (Å²) in [7, 11) is 2.16. The maximum atomic E-state index is 9.96. The number of likely N-dealkylation sites (tertiary alicyclic amines) is 1. The number of aliphatic hydroxyl groups excluding tert-OH is 1. The SMILES string of the molecule is CN1CC[C@H](O)[C@H](C[C@@H]2CCCCN2)C1. The Morgan fingerprint density at radius 3 is 2.93 bits per heavy atom. The van der Waals surface area contributed by atoms with Gasteiger partial charge in [0.2, 0.25) is 0 Å². The molecular weight excluding hydrogens is 188 g/mol. The Hall–Kier alpha value is -0.120. The van der Waals surface area contributed by atoms with E-state index in [1.54, 1.807) is 0 Å². The minimum atomic E-state index is -0.0649. The van der Waals surface area contributed by atoms with Crippen molar-refractivity contribution < 1.29 is 5.11 Å². The highest BCUT2D eigenvalue weighted by molar-refractivity contribution is 4.83. The van der Waals surface area contributed by atoms with Gasteiger partial charge in [-0.3, -0.25) is 0 Å². The van der Waals surface area contributed by atoms with Crippen molar-refractivity contribution in [1.29, 1.82) is 0 Å². The number of hydrogen-bond donors (Lipinski definition) is 2. The molecule has 3 nitrogen and oxygen atoms in total. The molecule has 2 heterocycles. The Morgan fingerprint density at radius 2 is 2.20 bits per heavy atom. The smallest absolute Gasteiger partial charge is 0.0593 e. The predicted octanol–water partition coefficient (Wildman–Crippen LogP) is 0.831. The third kappa shape index (κ3) is 3.16. The lowest BCUT2D eigenvalue weighted by Gasteiger charge is -2.37. The normalized spacial score (nSPS) is 39.2. The zero-order valence-electron chi connectivity index (χ0n) is 9.78. The van der Waals surface area contributed by atoms with Crippen molar-refractivity contribution in [2.45, 2.75) is 44.2 Å². The van der Waals surface area contributed by atoms with E-state index in [1.165, 1.54) is 25.8 Å². The van der Waals surface area contributed by atoms with Crippen LogP contribution in [0, 0.1) is 5.92 Å². The molecule has 2 N–H and O–H groups in total. The molecule has 3 heteroatoms. The fourth-order valence-corrected chi connectivity index (χ4v) is 2.92. The average Bonchev–Trinajstić information content (AvgIpc) is 2.25. The summed E-state index contributed by atoms with van der Waals surface area (Å²) in [6.45, 7) is 3.29. The van der Waals surface area contributed by atoms with Gasteiger partial charge >= 0.3 is 0 Å². The second kappa shape index (κ2) is 5.28. The van der Waals surface area contributed by atoms with Crippen LogP contribution in [0.4, 0.5) is 0 Å². The molecule has 0 aromatic carbocycles. The van der Waals surface area contributed by atoms with Crippen molar-refractivity contribution >= 4 is 0 Å². The van der Waals surface area contributed by atoms with Crippen molar-refractivity contribution in [3.05, 3.63) is 0 Å². The third-order valence-corrected chi connectivity index (χ3v) is 3.90. The Balaban J connectivity index is 1.80. The molecule has 2 rings (SSSR count). The molecule has 0 aromatic heterocycles. The number of piperidine rings is 2. The standard InChI is InChI=1S/C12H24N2O/c1-14-7-5-12(15)10(9-14)8-11-4-2-3-6-13-11/h10-13,15H,2-9H2,1H3/t10-,11+,12+/m1/s1. The second-order valence-corrected chi connectivity index (χ2v) is 5.26. The van der Waals surface area contributed by atoms with Gasteiger partial charge in [0, 0.05) is 19.1 Å². The monoisotopic (exact) mass is 212 g/mol. The molecule has 0 amide bonds. The van der Waals surface area contributed by atoms with Crippen LogP contribution in [0.25, 0.3) is 0 Å². The van der Waals surface area contributed by atoms with Gasteiger partial charge in [-0.15, -0.1) is 0 Å². The molecule has 2 aliphatic heterocycles. The molecule has 3 atom stereocenters. The van der Waals surface area contributed by atoms with E-state index in [-0.39, 0.29) is 6.10 Å². The minimum Gasteiger partial charge on any atom is -0.393 e. The molecule has 0 aromatic rings. The molecule has 0 spiro atoms. The van der Waals surface area contributed by atoms with Crippen LogP contribution in [0.15, 0.2) is 0 Å². The van der Waals surface area contributed by atoms with Gasteiger partial charge in [-0.2, -0.15) is 0 Å². The van der Waals surface area contributed by atoms with Gasteiger partial charge in [-0.1, -0.05) is 6.42 Å². The van der Waals surface area contributed by atoms with Gasteiger partial charge in [-0.05, 0) is 45.2 Å². The summed E-state index contributed by atoms with van der Waals surface area (Å²) in [5.41, 5.74) is 0. The first kappa shape index (κ1) is 11.4. The van der Waals surface area contributed by atoms with Gasteiger partial charge in [0.25, 0.3) is 0 Å². The summed E-state index contributed by atoms with van der Waals surface area (Å²) < 4.78 is 0. The van der Waals surface area contributed by atoms with Gasteiger partial charge in [0.1, 0.15) is 0 Å². The van der Waals surface area contributed by atoms with Crippen LogP contribution in [-0.4, -0.2) is 48.8 Å². The van der Waals surface area contributed by atoms with E-state index in [1.807, 2.05) is 0 Å². The van der Waals surface area contributed by atoms with E-state index in [2.05, 4.69) is 17.3 Å². The van der Waals surface area contributed by atoms with Crippen LogP contribution >= 0.6 is 0 Å². The summed E-state index contributed by atoms with van der Waals surface area (Å²) in [5.74, 6) is 0.486. The molecule has 2 saturated heterocycles. The molecule has 0 bridgehead atoms. The fourth-order valence-electron chi connectivity index (χ4n) is 2.92. The minimum absolute atomic E-state index is 0.0649. The van der Waals surface area contributed by atoms with Crippen molar-refractivity contribution in [3.8, 4) is 0 Å². The molecule has 15 heavy (non-hydrogen) atoms. The van der Waals surface area contributed by atoms with E-state index in [0.717, 1.165) is 25.9 Å². The number of nitrogens with zero attached hydrogens (tertiary/aromatic N) is 1. The molecule has 0 aliphatic carbocycles. The highest BCUT2D eigenvalue weighted by Gasteiger charge is 2.28. The summed E-state index contributed by atoms with van der Waals surface area (Å²) in [4.78, 5) is 2.35. The van der Waals surface area contributed by atoms with Gasteiger partial charge < -0.3 is 15.3 Å². The first-order valence-electron chi connectivity index (χ1n) is 6.35. The second-order valence-electron chi connectivity index (χ2n) is 5.26. The molecule has 0 unspecified atom stereocenters. The largest absolute Gasteiger partial charge is 0.393 e. The molecule has 2 fully saturated rings. The van der Waals surface area contributed by atoms with Crippen LogP contribution < -0.4 is 5.32 Å². The van der Waals surface area contributed by atoms with E-state index < -0.39 is 0 Å². The summed E-state index contributed by atoms with van der Waals surface area (Å²) >= 11 is 0.